The third-order valence-electron chi connectivity index (χ3n) is 2.34. The highest BCUT2D eigenvalue weighted by molar-refractivity contribution is 6.29. The Bertz CT molecular complexity index is 407. The van der Waals surface area contributed by atoms with E-state index in [0.717, 1.165) is 6.54 Å². The number of carbonyl (C=O) groups is 1. The number of aromatic nitrogens is 1. The predicted molar refractivity (Wildman–Crippen MR) is 68.9 cm³/mol. The van der Waals surface area contributed by atoms with Gasteiger partial charge in [0.15, 0.2) is 0 Å². The number of anilines is 1. The van der Waals surface area contributed by atoms with Crippen LogP contribution in [0.2, 0.25) is 5.15 Å². The molecule has 0 fully saturated rings. The molecule has 4 nitrogen and oxygen atoms in total. The maximum Gasteiger partial charge on any atom is 0.339 e. The summed E-state index contributed by atoms with van der Waals surface area (Å²) in [6.07, 6.45) is 0. The highest BCUT2D eigenvalue weighted by Crippen LogP contribution is 2.21. The Morgan fingerprint density at radius 2 is 2.18 bits per heavy atom. The molecule has 1 heterocycles. The van der Waals surface area contributed by atoms with Crippen LogP contribution in [-0.4, -0.2) is 29.1 Å². The zero-order valence-corrected chi connectivity index (χ0v) is 11.0. The van der Waals surface area contributed by atoms with E-state index in [9.17, 15) is 4.79 Å². The van der Waals surface area contributed by atoms with Crippen molar-refractivity contribution in [1.82, 2.24) is 4.98 Å². The van der Waals surface area contributed by atoms with Crippen LogP contribution in [0.3, 0.4) is 0 Å². The van der Waals surface area contributed by atoms with Crippen LogP contribution in [0.5, 0.6) is 0 Å². The smallest absolute Gasteiger partial charge is 0.339 e. The number of hydrogen-bond donors (Lipinski definition) is 1. The van der Waals surface area contributed by atoms with Crippen molar-refractivity contribution in [1.29, 1.82) is 0 Å². The molecule has 1 aromatic heterocycles. The number of halogens is 1. The topological polar surface area (TPSA) is 53.4 Å². The Morgan fingerprint density at radius 1 is 1.53 bits per heavy atom. The average Bonchev–Trinajstić information content (AvgIpc) is 2.25. The van der Waals surface area contributed by atoms with Gasteiger partial charge in [-0.25, -0.2) is 9.78 Å². The van der Waals surface area contributed by atoms with E-state index < -0.39 is 5.97 Å². The Morgan fingerprint density at radius 3 is 2.65 bits per heavy atom. The first-order chi connectivity index (χ1) is 7.95. The standard InChI is InChI=1S/C12H17ClN2O2/c1-4-15(7-8(2)3)11-9(12(16)17)5-6-10(13)14-11/h5-6,8H,4,7H2,1-3H3,(H,16,17). The van der Waals surface area contributed by atoms with Crippen molar-refractivity contribution >= 4 is 23.4 Å². The molecule has 0 aliphatic rings. The number of carboxylic acids is 1. The van der Waals surface area contributed by atoms with Crippen LogP contribution in [0.25, 0.3) is 0 Å². The summed E-state index contributed by atoms with van der Waals surface area (Å²) in [5.74, 6) is -0.107. The van der Waals surface area contributed by atoms with Crippen LogP contribution in [-0.2, 0) is 0 Å². The van der Waals surface area contributed by atoms with Gasteiger partial charge in [0.1, 0.15) is 16.5 Å². The van der Waals surface area contributed by atoms with Crippen molar-refractivity contribution in [3.8, 4) is 0 Å². The molecule has 0 saturated heterocycles. The number of carboxylic acid groups (broad SMARTS) is 1. The monoisotopic (exact) mass is 256 g/mol. The van der Waals surface area contributed by atoms with Crippen molar-refractivity contribution in [2.75, 3.05) is 18.0 Å². The van der Waals surface area contributed by atoms with Crippen molar-refractivity contribution < 1.29 is 9.90 Å². The van der Waals surface area contributed by atoms with E-state index in [4.69, 9.17) is 16.7 Å². The molecule has 5 heteroatoms. The highest BCUT2D eigenvalue weighted by atomic mass is 35.5. The molecule has 0 unspecified atom stereocenters. The number of aromatic carboxylic acids is 1. The number of hydrogen-bond acceptors (Lipinski definition) is 3. The minimum absolute atomic E-state index is 0.192. The van der Waals surface area contributed by atoms with Gasteiger partial charge in [0.2, 0.25) is 0 Å². The van der Waals surface area contributed by atoms with Crippen molar-refractivity contribution in [2.45, 2.75) is 20.8 Å². The zero-order valence-electron chi connectivity index (χ0n) is 10.3. The third-order valence-corrected chi connectivity index (χ3v) is 2.55. The van der Waals surface area contributed by atoms with E-state index in [0.29, 0.717) is 23.4 Å². The zero-order chi connectivity index (χ0) is 13.0. The van der Waals surface area contributed by atoms with Gasteiger partial charge in [-0.15, -0.1) is 0 Å². The van der Waals surface area contributed by atoms with Crippen LogP contribution >= 0.6 is 11.6 Å². The van der Waals surface area contributed by atoms with Gasteiger partial charge in [-0.1, -0.05) is 25.4 Å². The summed E-state index contributed by atoms with van der Waals surface area (Å²) in [6.45, 7) is 7.58. The van der Waals surface area contributed by atoms with E-state index in [2.05, 4.69) is 18.8 Å². The molecular weight excluding hydrogens is 240 g/mol. The van der Waals surface area contributed by atoms with Crippen molar-refractivity contribution in [2.24, 2.45) is 5.92 Å². The fraction of sp³-hybridized carbons (Fsp3) is 0.500. The SMILES string of the molecule is CCN(CC(C)C)c1nc(Cl)ccc1C(=O)O. The molecule has 0 bridgehead atoms. The summed E-state index contributed by atoms with van der Waals surface area (Å²) in [7, 11) is 0. The molecule has 1 aromatic rings. The lowest BCUT2D eigenvalue weighted by molar-refractivity contribution is 0.0697. The Kier molecular flexibility index (Phi) is 4.75. The molecule has 0 aliphatic heterocycles. The fourth-order valence-electron chi connectivity index (χ4n) is 1.64. The lowest BCUT2D eigenvalue weighted by atomic mass is 10.2. The summed E-state index contributed by atoms with van der Waals surface area (Å²) in [4.78, 5) is 17.2. The summed E-state index contributed by atoms with van der Waals surface area (Å²) < 4.78 is 0. The molecule has 0 spiro atoms. The molecule has 0 atom stereocenters. The van der Waals surface area contributed by atoms with Crippen LogP contribution in [0.4, 0.5) is 5.82 Å². The van der Waals surface area contributed by atoms with E-state index in [1.54, 1.807) is 0 Å². The first-order valence-electron chi connectivity index (χ1n) is 5.60. The van der Waals surface area contributed by atoms with Crippen LogP contribution < -0.4 is 4.90 Å². The maximum atomic E-state index is 11.1. The third kappa shape index (κ3) is 3.60. The predicted octanol–water partition coefficient (Wildman–Crippen LogP) is 2.92. The molecule has 0 aliphatic carbocycles. The van der Waals surface area contributed by atoms with Crippen LogP contribution in [0, 0.1) is 5.92 Å². The van der Waals surface area contributed by atoms with Gasteiger partial charge < -0.3 is 10.0 Å². The highest BCUT2D eigenvalue weighted by Gasteiger charge is 2.17. The van der Waals surface area contributed by atoms with Gasteiger partial charge in [-0.3, -0.25) is 0 Å². The van der Waals surface area contributed by atoms with E-state index >= 15 is 0 Å². The Hall–Kier alpha value is -1.29. The molecular formula is C12H17ClN2O2. The quantitative estimate of drug-likeness (QED) is 0.823. The van der Waals surface area contributed by atoms with E-state index in [-0.39, 0.29) is 5.56 Å². The van der Waals surface area contributed by atoms with Crippen LogP contribution in [0.1, 0.15) is 31.1 Å². The molecule has 0 aromatic carbocycles. The van der Waals surface area contributed by atoms with Gasteiger partial charge in [0, 0.05) is 13.1 Å². The summed E-state index contributed by atoms with van der Waals surface area (Å²) in [6, 6.07) is 2.99. The van der Waals surface area contributed by atoms with E-state index in [1.165, 1.54) is 12.1 Å². The number of pyridine rings is 1. The molecule has 0 amide bonds. The average molecular weight is 257 g/mol. The molecule has 0 saturated carbocycles. The van der Waals surface area contributed by atoms with Crippen molar-refractivity contribution in [3.05, 3.63) is 22.8 Å². The Labute approximate surface area is 106 Å². The van der Waals surface area contributed by atoms with E-state index in [1.807, 2.05) is 11.8 Å². The minimum atomic E-state index is -0.980. The number of rotatable bonds is 5. The molecule has 17 heavy (non-hydrogen) atoms. The molecule has 1 N–H and O–H groups in total. The van der Waals surface area contributed by atoms with Gasteiger partial charge >= 0.3 is 5.97 Å². The summed E-state index contributed by atoms with van der Waals surface area (Å²) >= 11 is 5.83. The normalized spacial score (nSPS) is 10.6. The lowest BCUT2D eigenvalue weighted by Crippen LogP contribution is -2.29. The van der Waals surface area contributed by atoms with Gasteiger partial charge in [0.05, 0.1) is 0 Å². The fourth-order valence-corrected chi connectivity index (χ4v) is 1.78. The second-order valence-electron chi connectivity index (χ2n) is 4.24. The second kappa shape index (κ2) is 5.87. The minimum Gasteiger partial charge on any atom is -0.478 e. The Balaban J connectivity index is 3.15. The van der Waals surface area contributed by atoms with Gasteiger partial charge in [-0.2, -0.15) is 0 Å². The molecule has 0 radical (unpaired) electrons. The van der Waals surface area contributed by atoms with Gasteiger partial charge in [-0.05, 0) is 25.0 Å². The maximum absolute atomic E-state index is 11.1. The second-order valence-corrected chi connectivity index (χ2v) is 4.63. The summed E-state index contributed by atoms with van der Waals surface area (Å²) in [5.41, 5.74) is 0.192. The lowest BCUT2D eigenvalue weighted by Gasteiger charge is -2.25. The van der Waals surface area contributed by atoms with Crippen LogP contribution in [0.15, 0.2) is 12.1 Å². The van der Waals surface area contributed by atoms with Crippen molar-refractivity contribution in [3.63, 3.8) is 0 Å². The summed E-state index contributed by atoms with van der Waals surface area (Å²) in [5, 5.41) is 9.44. The first-order valence-corrected chi connectivity index (χ1v) is 5.98. The largest absolute Gasteiger partial charge is 0.478 e. The molecule has 94 valence electrons. The van der Waals surface area contributed by atoms with Gasteiger partial charge in [0.25, 0.3) is 0 Å². The number of nitrogens with zero attached hydrogens (tertiary/aromatic N) is 2. The molecule has 1 rings (SSSR count). The first kappa shape index (κ1) is 13.8.